The Balaban J connectivity index is 2.22. The Morgan fingerprint density at radius 1 is 1.27 bits per heavy atom. The zero-order valence-corrected chi connectivity index (χ0v) is 10.9. The number of likely N-dealkylation sites (tertiary alicyclic amines) is 1. The van der Waals surface area contributed by atoms with E-state index in [0.29, 0.717) is 6.04 Å². The summed E-state index contributed by atoms with van der Waals surface area (Å²) in [4.78, 5) is 2.69. The van der Waals surface area contributed by atoms with Crippen LogP contribution in [0.5, 0.6) is 0 Å². The Labute approximate surface area is 95.4 Å². The zero-order chi connectivity index (χ0) is 11.3. The van der Waals surface area contributed by atoms with Gasteiger partial charge in [0.05, 0.1) is 0 Å². The highest BCUT2D eigenvalue weighted by molar-refractivity contribution is 4.78. The van der Waals surface area contributed by atoms with E-state index >= 15 is 0 Å². The molecule has 0 bridgehead atoms. The molecular formula is C13H28N2. The average molecular weight is 212 g/mol. The molecule has 1 heterocycles. The van der Waals surface area contributed by atoms with Gasteiger partial charge in [0, 0.05) is 18.1 Å². The minimum absolute atomic E-state index is 0.621. The van der Waals surface area contributed by atoms with Gasteiger partial charge in [-0.05, 0) is 46.2 Å². The fourth-order valence-electron chi connectivity index (χ4n) is 2.52. The molecule has 90 valence electrons. The van der Waals surface area contributed by atoms with Gasteiger partial charge in [-0.3, -0.25) is 4.90 Å². The lowest BCUT2D eigenvalue weighted by Crippen LogP contribution is -2.44. The van der Waals surface area contributed by atoms with E-state index in [4.69, 9.17) is 0 Å². The maximum absolute atomic E-state index is 3.50. The van der Waals surface area contributed by atoms with Crippen LogP contribution >= 0.6 is 0 Å². The topological polar surface area (TPSA) is 15.3 Å². The molecule has 1 rings (SSSR count). The molecule has 1 N–H and O–H groups in total. The van der Waals surface area contributed by atoms with Crippen molar-refractivity contribution in [3.63, 3.8) is 0 Å². The molecule has 15 heavy (non-hydrogen) atoms. The third-order valence-electron chi connectivity index (χ3n) is 3.54. The Hall–Kier alpha value is -0.0800. The first kappa shape index (κ1) is 13.0. The monoisotopic (exact) mass is 212 g/mol. The van der Waals surface area contributed by atoms with Gasteiger partial charge in [0.25, 0.3) is 0 Å². The molecular weight excluding hydrogens is 184 g/mol. The molecule has 0 aromatic rings. The van der Waals surface area contributed by atoms with Crippen molar-refractivity contribution in [2.45, 2.75) is 71.5 Å². The SMILES string of the molecule is CC(C)NCCC(C)N1CCCCC1C. The molecule has 2 heteroatoms. The van der Waals surface area contributed by atoms with E-state index in [2.05, 4.69) is 37.9 Å². The van der Waals surface area contributed by atoms with Gasteiger partial charge in [-0.1, -0.05) is 20.3 Å². The Morgan fingerprint density at radius 2 is 2.00 bits per heavy atom. The second kappa shape index (κ2) is 6.49. The van der Waals surface area contributed by atoms with Crippen molar-refractivity contribution in [3.8, 4) is 0 Å². The molecule has 1 saturated heterocycles. The lowest BCUT2D eigenvalue weighted by Gasteiger charge is -2.38. The van der Waals surface area contributed by atoms with Crippen LogP contribution in [0.25, 0.3) is 0 Å². The number of nitrogens with one attached hydrogen (secondary N) is 1. The van der Waals surface area contributed by atoms with Gasteiger partial charge in [-0.25, -0.2) is 0 Å². The van der Waals surface area contributed by atoms with Crippen LogP contribution < -0.4 is 5.32 Å². The second-order valence-electron chi connectivity index (χ2n) is 5.33. The van der Waals surface area contributed by atoms with Crippen molar-refractivity contribution < 1.29 is 0 Å². The predicted octanol–water partition coefficient (Wildman–Crippen LogP) is 2.64. The molecule has 0 amide bonds. The normalized spacial score (nSPS) is 25.8. The van der Waals surface area contributed by atoms with Gasteiger partial charge in [0.15, 0.2) is 0 Å². The van der Waals surface area contributed by atoms with Gasteiger partial charge in [0.2, 0.25) is 0 Å². The molecule has 2 atom stereocenters. The molecule has 0 aromatic carbocycles. The molecule has 2 unspecified atom stereocenters. The van der Waals surface area contributed by atoms with Crippen molar-refractivity contribution >= 4 is 0 Å². The highest BCUT2D eigenvalue weighted by Crippen LogP contribution is 2.20. The molecule has 0 aromatic heterocycles. The van der Waals surface area contributed by atoms with Gasteiger partial charge in [0.1, 0.15) is 0 Å². The Morgan fingerprint density at radius 3 is 2.60 bits per heavy atom. The maximum Gasteiger partial charge on any atom is 0.00818 e. The van der Waals surface area contributed by atoms with E-state index < -0.39 is 0 Å². The lowest BCUT2D eigenvalue weighted by atomic mass is 10.0. The van der Waals surface area contributed by atoms with Crippen molar-refractivity contribution in [1.82, 2.24) is 10.2 Å². The van der Waals surface area contributed by atoms with E-state index in [1.165, 1.54) is 32.2 Å². The van der Waals surface area contributed by atoms with E-state index in [-0.39, 0.29) is 0 Å². The van der Waals surface area contributed by atoms with Crippen LogP contribution in [0.2, 0.25) is 0 Å². The van der Waals surface area contributed by atoms with Crippen molar-refractivity contribution in [1.29, 1.82) is 0 Å². The van der Waals surface area contributed by atoms with Crippen LogP contribution in [0, 0.1) is 0 Å². The summed E-state index contributed by atoms with van der Waals surface area (Å²) in [5.74, 6) is 0. The van der Waals surface area contributed by atoms with Crippen LogP contribution in [0.1, 0.15) is 53.4 Å². The smallest absolute Gasteiger partial charge is 0.00818 e. The standard InChI is InChI=1S/C13H28N2/c1-11(2)14-9-8-13(4)15-10-6-5-7-12(15)3/h11-14H,5-10H2,1-4H3. The highest BCUT2D eigenvalue weighted by atomic mass is 15.2. The maximum atomic E-state index is 3.50. The third-order valence-corrected chi connectivity index (χ3v) is 3.54. The summed E-state index contributed by atoms with van der Waals surface area (Å²) in [5.41, 5.74) is 0. The molecule has 0 spiro atoms. The van der Waals surface area contributed by atoms with Gasteiger partial charge < -0.3 is 5.32 Å². The summed E-state index contributed by atoms with van der Waals surface area (Å²) >= 11 is 0. The minimum Gasteiger partial charge on any atom is -0.314 e. The molecule has 1 aliphatic heterocycles. The van der Waals surface area contributed by atoms with Crippen LogP contribution in [-0.2, 0) is 0 Å². The summed E-state index contributed by atoms with van der Waals surface area (Å²) in [6.45, 7) is 11.7. The largest absolute Gasteiger partial charge is 0.314 e. The number of hydrogen-bond donors (Lipinski definition) is 1. The van der Waals surface area contributed by atoms with E-state index in [0.717, 1.165) is 18.6 Å². The summed E-state index contributed by atoms with van der Waals surface area (Å²) in [6.07, 6.45) is 5.49. The van der Waals surface area contributed by atoms with Crippen molar-refractivity contribution in [2.75, 3.05) is 13.1 Å². The van der Waals surface area contributed by atoms with E-state index in [1.54, 1.807) is 0 Å². The van der Waals surface area contributed by atoms with E-state index in [1.807, 2.05) is 0 Å². The first-order valence-corrected chi connectivity index (χ1v) is 6.60. The highest BCUT2D eigenvalue weighted by Gasteiger charge is 2.22. The lowest BCUT2D eigenvalue weighted by molar-refractivity contribution is 0.109. The second-order valence-corrected chi connectivity index (χ2v) is 5.33. The fourth-order valence-corrected chi connectivity index (χ4v) is 2.52. The van der Waals surface area contributed by atoms with Crippen LogP contribution in [0.3, 0.4) is 0 Å². The Kier molecular flexibility index (Phi) is 5.62. The van der Waals surface area contributed by atoms with Gasteiger partial charge >= 0.3 is 0 Å². The molecule has 2 nitrogen and oxygen atoms in total. The molecule has 1 aliphatic rings. The quantitative estimate of drug-likeness (QED) is 0.753. The van der Waals surface area contributed by atoms with Gasteiger partial charge in [-0.2, -0.15) is 0 Å². The summed E-state index contributed by atoms with van der Waals surface area (Å²) in [6, 6.07) is 2.16. The third kappa shape index (κ3) is 4.52. The predicted molar refractivity (Wildman–Crippen MR) is 67.2 cm³/mol. The number of hydrogen-bond acceptors (Lipinski definition) is 2. The summed E-state index contributed by atoms with van der Waals surface area (Å²) < 4.78 is 0. The minimum atomic E-state index is 0.621. The number of rotatable bonds is 5. The first-order chi connectivity index (χ1) is 7.11. The summed E-state index contributed by atoms with van der Waals surface area (Å²) in [5, 5.41) is 3.50. The van der Waals surface area contributed by atoms with Crippen LogP contribution in [0.15, 0.2) is 0 Å². The van der Waals surface area contributed by atoms with Crippen LogP contribution in [0.4, 0.5) is 0 Å². The van der Waals surface area contributed by atoms with E-state index in [9.17, 15) is 0 Å². The van der Waals surface area contributed by atoms with Crippen molar-refractivity contribution in [3.05, 3.63) is 0 Å². The fraction of sp³-hybridized carbons (Fsp3) is 1.00. The number of nitrogens with zero attached hydrogens (tertiary/aromatic N) is 1. The van der Waals surface area contributed by atoms with Gasteiger partial charge in [-0.15, -0.1) is 0 Å². The van der Waals surface area contributed by atoms with Crippen LogP contribution in [-0.4, -0.2) is 36.1 Å². The first-order valence-electron chi connectivity index (χ1n) is 6.60. The molecule has 1 fully saturated rings. The molecule has 0 saturated carbocycles. The number of piperidine rings is 1. The van der Waals surface area contributed by atoms with Crippen molar-refractivity contribution in [2.24, 2.45) is 0 Å². The molecule has 0 radical (unpaired) electrons. The zero-order valence-electron chi connectivity index (χ0n) is 10.9. The molecule has 0 aliphatic carbocycles. The summed E-state index contributed by atoms with van der Waals surface area (Å²) in [7, 11) is 0. The Bertz CT molecular complexity index is 168. The average Bonchev–Trinajstić information content (AvgIpc) is 2.17.